The first-order chi connectivity index (χ1) is 11.5. The number of halogens is 1. The summed E-state index contributed by atoms with van der Waals surface area (Å²) in [6.07, 6.45) is 0. The summed E-state index contributed by atoms with van der Waals surface area (Å²) in [5.41, 5.74) is 2.49. The number of rotatable bonds is 2. The van der Waals surface area contributed by atoms with Gasteiger partial charge in [0.25, 0.3) is 5.91 Å². The Hall–Kier alpha value is -2.47. The molecule has 0 radical (unpaired) electrons. The summed E-state index contributed by atoms with van der Waals surface area (Å²) in [6.45, 7) is 3.75. The number of aromatic nitrogens is 1. The minimum atomic E-state index is -0.299. The Balaban J connectivity index is 1.96. The molecule has 24 heavy (non-hydrogen) atoms. The highest BCUT2D eigenvalue weighted by molar-refractivity contribution is 8.18. The zero-order valence-electron chi connectivity index (χ0n) is 13.6. The minimum Gasteiger partial charge on any atom is -0.289 e. The number of likely N-dealkylation sites (N-methyl/N-ethyl adjacent to an activating group) is 1. The van der Waals surface area contributed by atoms with Crippen LogP contribution in [-0.4, -0.2) is 28.0 Å². The van der Waals surface area contributed by atoms with Gasteiger partial charge in [-0.3, -0.25) is 9.69 Å². The van der Waals surface area contributed by atoms with Gasteiger partial charge in [-0.1, -0.05) is 18.2 Å². The number of thioether (sulfide) groups is 1. The topological polar surface area (TPSA) is 45.6 Å². The minimum absolute atomic E-state index is 0.117. The van der Waals surface area contributed by atoms with Gasteiger partial charge in [-0.05, 0) is 61.0 Å². The number of aliphatic imine (C=N–C) groups is 1. The summed E-state index contributed by atoms with van der Waals surface area (Å²) in [5.74, 6) is 0.151. The summed E-state index contributed by atoms with van der Waals surface area (Å²) < 4.78 is 13.1. The molecule has 2 aromatic rings. The van der Waals surface area contributed by atoms with Crippen LogP contribution in [0, 0.1) is 12.7 Å². The molecule has 1 amide bonds. The molecule has 0 saturated carbocycles. The fraction of sp³-hybridized carbons (Fsp3) is 0.167. The van der Waals surface area contributed by atoms with E-state index >= 15 is 0 Å². The van der Waals surface area contributed by atoms with E-state index in [0.29, 0.717) is 15.9 Å². The molecule has 1 fully saturated rings. The van der Waals surface area contributed by atoms with Crippen molar-refractivity contribution in [3.63, 3.8) is 0 Å². The summed E-state index contributed by atoms with van der Waals surface area (Å²) >= 11 is 1.31. The van der Waals surface area contributed by atoms with Gasteiger partial charge < -0.3 is 0 Å². The van der Waals surface area contributed by atoms with Gasteiger partial charge in [0.2, 0.25) is 0 Å². The van der Waals surface area contributed by atoms with Crippen LogP contribution < -0.4 is 0 Å². The SMILES string of the molecule is C/C(=C1/S/C(=N/c2cccc(C)n2)N(C)C1=O)c1ccc(F)cc1. The van der Waals surface area contributed by atoms with Crippen molar-refractivity contribution in [1.82, 2.24) is 9.88 Å². The highest BCUT2D eigenvalue weighted by atomic mass is 32.2. The van der Waals surface area contributed by atoms with Crippen LogP contribution in [0.4, 0.5) is 10.2 Å². The van der Waals surface area contributed by atoms with Gasteiger partial charge in [0.1, 0.15) is 5.82 Å². The van der Waals surface area contributed by atoms with E-state index in [1.165, 1.54) is 28.8 Å². The molecule has 2 heterocycles. The summed E-state index contributed by atoms with van der Waals surface area (Å²) in [4.78, 5) is 23.4. The Labute approximate surface area is 144 Å². The Morgan fingerprint density at radius 2 is 1.92 bits per heavy atom. The molecule has 1 aliphatic heterocycles. The van der Waals surface area contributed by atoms with E-state index in [1.54, 1.807) is 25.2 Å². The molecule has 1 aliphatic rings. The maximum Gasteiger partial charge on any atom is 0.266 e. The standard InChI is InChI=1S/C18H16FN3OS/c1-11-5-4-6-15(20-11)21-18-22(3)17(23)16(24-18)12(2)13-7-9-14(19)10-8-13/h4-10H,1-3H3/b16-12-,21-18+. The van der Waals surface area contributed by atoms with Crippen LogP contribution >= 0.6 is 11.8 Å². The fourth-order valence-corrected chi connectivity index (χ4v) is 3.33. The number of nitrogens with zero attached hydrogens (tertiary/aromatic N) is 3. The fourth-order valence-electron chi connectivity index (χ4n) is 2.30. The molecule has 6 heteroatoms. The second-order valence-electron chi connectivity index (χ2n) is 5.46. The molecular formula is C18H16FN3OS. The van der Waals surface area contributed by atoms with Crippen molar-refractivity contribution >= 4 is 34.2 Å². The molecule has 0 spiro atoms. The molecule has 4 nitrogen and oxygen atoms in total. The third-order valence-corrected chi connectivity index (χ3v) is 4.91. The van der Waals surface area contributed by atoms with Crippen molar-refractivity contribution < 1.29 is 9.18 Å². The molecule has 122 valence electrons. The number of hydrogen-bond acceptors (Lipinski definition) is 4. The van der Waals surface area contributed by atoms with Crippen molar-refractivity contribution in [2.75, 3.05) is 7.05 Å². The first kappa shape index (κ1) is 16.4. The maximum absolute atomic E-state index is 13.1. The molecule has 0 N–H and O–H groups in total. The van der Waals surface area contributed by atoms with Crippen LogP contribution in [0.5, 0.6) is 0 Å². The Bertz CT molecular complexity index is 859. The number of amides is 1. The van der Waals surface area contributed by atoms with Gasteiger partial charge >= 0.3 is 0 Å². The average Bonchev–Trinajstić information content (AvgIpc) is 2.83. The first-order valence-electron chi connectivity index (χ1n) is 7.41. The van der Waals surface area contributed by atoms with E-state index in [0.717, 1.165) is 16.8 Å². The summed E-state index contributed by atoms with van der Waals surface area (Å²) in [6, 6.07) is 11.7. The number of amidine groups is 1. The van der Waals surface area contributed by atoms with Crippen molar-refractivity contribution in [2.45, 2.75) is 13.8 Å². The zero-order valence-corrected chi connectivity index (χ0v) is 14.4. The van der Waals surface area contributed by atoms with Crippen molar-refractivity contribution in [1.29, 1.82) is 0 Å². The molecule has 1 aromatic heterocycles. The molecular weight excluding hydrogens is 325 g/mol. The van der Waals surface area contributed by atoms with E-state index < -0.39 is 0 Å². The monoisotopic (exact) mass is 341 g/mol. The number of hydrogen-bond donors (Lipinski definition) is 0. The number of carbonyl (C=O) groups is 1. The van der Waals surface area contributed by atoms with Crippen LogP contribution in [0.3, 0.4) is 0 Å². The van der Waals surface area contributed by atoms with Crippen molar-refractivity contribution in [3.8, 4) is 0 Å². The highest BCUT2D eigenvalue weighted by Crippen LogP contribution is 2.36. The lowest BCUT2D eigenvalue weighted by Crippen LogP contribution is -2.24. The largest absolute Gasteiger partial charge is 0.289 e. The molecule has 1 saturated heterocycles. The quantitative estimate of drug-likeness (QED) is 0.771. The third kappa shape index (κ3) is 3.23. The number of allylic oxidation sites excluding steroid dienone is 1. The van der Waals surface area contributed by atoms with Crippen LogP contribution in [0.2, 0.25) is 0 Å². The molecule has 3 rings (SSSR count). The van der Waals surface area contributed by atoms with Crippen molar-refractivity contribution in [2.24, 2.45) is 4.99 Å². The molecule has 0 bridgehead atoms. The predicted octanol–water partition coefficient (Wildman–Crippen LogP) is 4.15. The Morgan fingerprint density at radius 3 is 2.58 bits per heavy atom. The number of benzene rings is 1. The van der Waals surface area contributed by atoms with Gasteiger partial charge in [0, 0.05) is 12.7 Å². The Morgan fingerprint density at radius 1 is 1.21 bits per heavy atom. The zero-order chi connectivity index (χ0) is 17.3. The molecule has 0 atom stereocenters. The lowest BCUT2D eigenvalue weighted by Gasteiger charge is -2.07. The van der Waals surface area contributed by atoms with E-state index in [2.05, 4.69) is 9.98 Å². The molecule has 0 aliphatic carbocycles. The van der Waals surface area contributed by atoms with Gasteiger partial charge in [-0.15, -0.1) is 0 Å². The van der Waals surface area contributed by atoms with Crippen LogP contribution in [0.25, 0.3) is 5.57 Å². The average molecular weight is 341 g/mol. The Kier molecular flexibility index (Phi) is 4.49. The first-order valence-corrected chi connectivity index (χ1v) is 8.22. The maximum atomic E-state index is 13.1. The third-order valence-electron chi connectivity index (χ3n) is 3.68. The number of pyridine rings is 1. The van der Waals surface area contributed by atoms with Gasteiger partial charge in [0.05, 0.1) is 4.91 Å². The highest BCUT2D eigenvalue weighted by Gasteiger charge is 2.32. The normalized spacial score (nSPS) is 18.4. The van der Waals surface area contributed by atoms with Gasteiger partial charge in [-0.2, -0.15) is 0 Å². The van der Waals surface area contributed by atoms with E-state index in [-0.39, 0.29) is 11.7 Å². The molecule has 0 unspecified atom stereocenters. The predicted molar refractivity (Wildman–Crippen MR) is 95.4 cm³/mol. The van der Waals surface area contributed by atoms with Crippen molar-refractivity contribution in [3.05, 3.63) is 64.4 Å². The smallest absolute Gasteiger partial charge is 0.266 e. The molecule has 1 aromatic carbocycles. The van der Waals surface area contributed by atoms with Crippen LogP contribution in [-0.2, 0) is 4.79 Å². The van der Waals surface area contributed by atoms with Gasteiger partial charge in [-0.25, -0.2) is 14.4 Å². The van der Waals surface area contributed by atoms with Gasteiger partial charge in [0.15, 0.2) is 11.0 Å². The van der Waals surface area contributed by atoms with E-state index in [9.17, 15) is 9.18 Å². The lowest BCUT2D eigenvalue weighted by molar-refractivity contribution is -0.121. The summed E-state index contributed by atoms with van der Waals surface area (Å²) in [7, 11) is 1.69. The lowest BCUT2D eigenvalue weighted by atomic mass is 10.1. The number of aryl methyl sites for hydroxylation is 1. The van der Waals surface area contributed by atoms with Crippen LogP contribution in [0.15, 0.2) is 52.4 Å². The second-order valence-corrected chi connectivity index (χ2v) is 6.44. The van der Waals surface area contributed by atoms with E-state index in [4.69, 9.17) is 0 Å². The summed E-state index contributed by atoms with van der Waals surface area (Å²) in [5, 5.41) is 0.578. The second kappa shape index (κ2) is 6.57. The van der Waals surface area contributed by atoms with Crippen LogP contribution in [0.1, 0.15) is 18.2 Å². The van der Waals surface area contributed by atoms with E-state index in [1.807, 2.05) is 26.0 Å². The number of carbonyl (C=O) groups excluding carboxylic acids is 1.